The van der Waals surface area contributed by atoms with Crippen LogP contribution in [0.4, 0.5) is 0 Å². The molecular weight excluding hydrogens is 345 g/mol. The summed E-state index contributed by atoms with van der Waals surface area (Å²) < 4.78 is 6.10. The van der Waals surface area contributed by atoms with Crippen LogP contribution in [-0.2, 0) is 9.53 Å². The zero-order valence-electron chi connectivity index (χ0n) is 9.64. The van der Waals surface area contributed by atoms with E-state index in [1.165, 1.54) is 0 Å². The van der Waals surface area contributed by atoms with Crippen molar-refractivity contribution in [2.45, 2.75) is 18.1 Å². The van der Waals surface area contributed by atoms with E-state index in [2.05, 4.69) is 22.6 Å². The normalized spacial score (nSPS) is 29.5. The molecule has 0 radical (unpaired) electrons. The minimum Gasteiger partial charge on any atom is -0.455 e. The Morgan fingerprint density at radius 3 is 2.78 bits per heavy atom. The second kappa shape index (κ2) is 4.22. The fraction of sp³-hybridized carbons (Fsp3) is 0.385. The number of halogens is 1. The number of rotatable bonds is 2. The number of benzene rings is 1. The van der Waals surface area contributed by atoms with Crippen LogP contribution < -0.4 is 0 Å². The molecule has 0 spiro atoms. The highest BCUT2D eigenvalue weighted by Gasteiger charge is 2.57. The van der Waals surface area contributed by atoms with Gasteiger partial charge in [-0.05, 0) is 12.1 Å². The fourth-order valence-corrected chi connectivity index (χ4v) is 3.31. The topological polar surface area (TPSA) is 46.6 Å². The van der Waals surface area contributed by atoms with E-state index in [1.807, 2.05) is 18.2 Å². The molecule has 1 amide bonds. The van der Waals surface area contributed by atoms with Gasteiger partial charge in [-0.1, -0.05) is 40.8 Å². The van der Waals surface area contributed by atoms with Crippen LogP contribution in [-0.4, -0.2) is 39.4 Å². The van der Waals surface area contributed by atoms with Crippen LogP contribution in [0.2, 0.25) is 0 Å². The first kappa shape index (κ1) is 12.0. The average molecular weight is 357 g/mol. The van der Waals surface area contributed by atoms with E-state index >= 15 is 0 Å². The predicted octanol–water partition coefficient (Wildman–Crippen LogP) is 1.63. The van der Waals surface area contributed by atoms with Gasteiger partial charge in [0.1, 0.15) is 11.6 Å². The summed E-state index contributed by atoms with van der Waals surface area (Å²) in [5, 5.41) is 0. The van der Waals surface area contributed by atoms with Crippen LogP contribution in [0.15, 0.2) is 30.3 Å². The van der Waals surface area contributed by atoms with Gasteiger partial charge in [0.25, 0.3) is 5.91 Å². The molecule has 18 heavy (non-hydrogen) atoms. The second-order valence-corrected chi connectivity index (χ2v) is 5.52. The molecule has 4 nitrogen and oxygen atoms in total. The molecule has 2 aliphatic rings. The van der Waals surface area contributed by atoms with Gasteiger partial charge in [-0.2, -0.15) is 0 Å². The summed E-state index contributed by atoms with van der Waals surface area (Å²) in [5.41, 5.74) is 0.175. The Kier molecular flexibility index (Phi) is 2.80. The van der Waals surface area contributed by atoms with Crippen LogP contribution in [0, 0.1) is 0 Å². The summed E-state index contributed by atoms with van der Waals surface area (Å²) >= 11 is 2.21. The first-order valence-electron chi connectivity index (χ1n) is 5.80. The summed E-state index contributed by atoms with van der Waals surface area (Å²) in [6, 6.07) is 8.68. The van der Waals surface area contributed by atoms with Crippen molar-refractivity contribution >= 4 is 34.5 Å². The number of morpholine rings is 1. The van der Waals surface area contributed by atoms with Crippen molar-refractivity contribution in [1.82, 2.24) is 4.90 Å². The highest BCUT2D eigenvalue weighted by Crippen LogP contribution is 2.40. The summed E-state index contributed by atoms with van der Waals surface area (Å²) in [6.45, 7) is 0.514. The van der Waals surface area contributed by atoms with Crippen molar-refractivity contribution in [3.05, 3.63) is 35.9 Å². The SMILES string of the molecule is O=C1O[C@@]2(CI)C[C@@H]1N(C(=O)c1ccccc1)C2. The molecule has 2 bridgehead atoms. The van der Waals surface area contributed by atoms with Gasteiger partial charge in [0.05, 0.1) is 6.54 Å². The number of hydrogen-bond acceptors (Lipinski definition) is 3. The Morgan fingerprint density at radius 2 is 2.17 bits per heavy atom. The maximum atomic E-state index is 12.4. The monoisotopic (exact) mass is 357 g/mol. The Labute approximate surface area is 118 Å². The molecule has 1 aromatic rings. The van der Waals surface area contributed by atoms with E-state index in [1.54, 1.807) is 17.0 Å². The Balaban J connectivity index is 1.87. The van der Waals surface area contributed by atoms with Gasteiger partial charge in [-0.25, -0.2) is 4.79 Å². The van der Waals surface area contributed by atoms with Crippen LogP contribution in [0.5, 0.6) is 0 Å². The van der Waals surface area contributed by atoms with E-state index in [9.17, 15) is 9.59 Å². The summed E-state index contributed by atoms with van der Waals surface area (Å²) in [4.78, 5) is 25.7. The molecule has 0 unspecified atom stereocenters. The van der Waals surface area contributed by atoms with Gasteiger partial charge in [-0.3, -0.25) is 4.79 Å². The van der Waals surface area contributed by atoms with Crippen LogP contribution >= 0.6 is 22.6 Å². The van der Waals surface area contributed by atoms with Crippen LogP contribution in [0.3, 0.4) is 0 Å². The number of esters is 1. The molecule has 0 aliphatic carbocycles. The molecule has 3 rings (SSSR count). The van der Waals surface area contributed by atoms with Crippen molar-refractivity contribution in [2.75, 3.05) is 11.0 Å². The van der Waals surface area contributed by atoms with E-state index in [4.69, 9.17) is 4.74 Å². The maximum Gasteiger partial charge on any atom is 0.329 e. The third kappa shape index (κ3) is 1.72. The third-order valence-corrected chi connectivity index (χ3v) is 4.90. The minimum atomic E-state index is -0.452. The lowest BCUT2D eigenvalue weighted by molar-refractivity contribution is -0.155. The summed E-state index contributed by atoms with van der Waals surface area (Å²) in [5.74, 6) is -0.342. The van der Waals surface area contributed by atoms with E-state index in [0.29, 0.717) is 18.5 Å². The van der Waals surface area contributed by atoms with Crippen molar-refractivity contribution in [2.24, 2.45) is 0 Å². The van der Waals surface area contributed by atoms with Gasteiger partial charge < -0.3 is 9.64 Å². The Bertz CT molecular complexity index is 504. The largest absolute Gasteiger partial charge is 0.455 e. The number of alkyl halides is 1. The Morgan fingerprint density at radius 1 is 1.44 bits per heavy atom. The molecular formula is C13H12INO3. The van der Waals surface area contributed by atoms with Crippen molar-refractivity contribution < 1.29 is 14.3 Å². The number of likely N-dealkylation sites (tertiary alicyclic amines) is 1. The summed E-state index contributed by atoms with van der Waals surface area (Å²) in [6.07, 6.45) is 0.632. The highest BCUT2D eigenvalue weighted by atomic mass is 127. The molecule has 94 valence electrons. The van der Waals surface area contributed by atoms with Crippen molar-refractivity contribution in [3.8, 4) is 0 Å². The number of ether oxygens (including phenoxy) is 1. The van der Waals surface area contributed by atoms with Gasteiger partial charge in [-0.15, -0.1) is 0 Å². The molecule has 2 atom stereocenters. The minimum absolute atomic E-state index is 0.0797. The molecule has 0 aromatic heterocycles. The van der Waals surface area contributed by atoms with Gasteiger partial charge >= 0.3 is 5.97 Å². The zero-order valence-corrected chi connectivity index (χ0v) is 11.8. The quantitative estimate of drug-likeness (QED) is 0.459. The molecule has 0 N–H and O–H groups in total. The lowest BCUT2D eigenvalue weighted by atomic mass is 10.1. The summed E-state index contributed by atoms with van der Waals surface area (Å²) in [7, 11) is 0. The smallest absolute Gasteiger partial charge is 0.329 e. The molecule has 0 saturated carbocycles. The first-order chi connectivity index (χ1) is 8.65. The lowest BCUT2D eigenvalue weighted by Gasteiger charge is -2.31. The third-order valence-electron chi connectivity index (χ3n) is 3.51. The van der Waals surface area contributed by atoms with Crippen LogP contribution in [0.1, 0.15) is 16.8 Å². The van der Waals surface area contributed by atoms with Gasteiger partial charge in [0.2, 0.25) is 0 Å². The molecule has 1 aromatic carbocycles. The fourth-order valence-electron chi connectivity index (χ4n) is 2.60. The number of carbonyl (C=O) groups is 2. The average Bonchev–Trinajstić information content (AvgIpc) is 2.94. The molecule has 5 heteroatoms. The molecule has 2 fully saturated rings. The highest BCUT2D eigenvalue weighted by molar-refractivity contribution is 14.1. The number of nitrogens with zero attached hydrogens (tertiary/aromatic N) is 1. The predicted molar refractivity (Wildman–Crippen MR) is 73.6 cm³/mol. The zero-order chi connectivity index (χ0) is 12.8. The van der Waals surface area contributed by atoms with Crippen molar-refractivity contribution in [1.29, 1.82) is 0 Å². The Hall–Kier alpha value is -1.11. The molecule has 2 aliphatic heterocycles. The van der Waals surface area contributed by atoms with Gasteiger partial charge in [0, 0.05) is 16.4 Å². The number of hydrogen-bond donors (Lipinski definition) is 0. The number of carbonyl (C=O) groups excluding carboxylic acids is 2. The van der Waals surface area contributed by atoms with E-state index in [-0.39, 0.29) is 11.9 Å². The van der Waals surface area contributed by atoms with Crippen molar-refractivity contribution in [3.63, 3.8) is 0 Å². The maximum absolute atomic E-state index is 12.4. The first-order valence-corrected chi connectivity index (χ1v) is 7.33. The van der Waals surface area contributed by atoms with E-state index < -0.39 is 11.6 Å². The molecule has 2 heterocycles. The van der Waals surface area contributed by atoms with E-state index in [0.717, 1.165) is 4.43 Å². The standard InChI is InChI=1S/C13H12INO3/c14-7-13-6-10(12(17)18-13)15(8-13)11(16)9-4-2-1-3-5-9/h1-5,10H,6-8H2/t10-,13+/m0/s1. The van der Waals surface area contributed by atoms with Crippen LogP contribution in [0.25, 0.3) is 0 Å². The number of amides is 1. The lowest BCUT2D eigenvalue weighted by Crippen LogP contribution is -2.48. The van der Waals surface area contributed by atoms with Gasteiger partial charge in [0.15, 0.2) is 0 Å². The molecule has 2 saturated heterocycles. The number of fused-ring (bicyclic) bond motifs is 2. The second-order valence-electron chi connectivity index (χ2n) is 4.76.